The van der Waals surface area contributed by atoms with Gasteiger partial charge < -0.3 is 5.32 Å². The van der Waals surface area contributed by atoms with Crippen LogP contribution < -0.4 is 10.0 Å². The Morgan fingerprint density at radius 2 is 1.84 bits per heavy atom. The number of nitrogens with zero attached hydrogens (tertiary/aromatic N) is 1. The number of nitrogens with one attached hydrogen (secondary N) is 2. The Hall–Kier alpha value is -0.230. The smallest absolute Gasteiger partial charge is 0.252 e. The lowest BCUT2D eigenvalue weighted by Crippen LogP contribution is -2.31. The second kappa shape index (κ2) is 8.20. The van der Waals surface area contributed by atoms with Crippen LogP contribution in [0.4, 0.5) is 0 Å². The number of hydrogen-bond acceptors (Lipinski definition) is 6. The standard InChI is InChI=1S/C14H23N3O4S3.ClH/c1-2-23(18,19)16-6-5-13-3-4-14(22-13)24(20,21)17-9-11-7-15-8-12(11)10-17;/h3-4,11-12,15-16H,2,5-10H2,1H3;1H/t11-,12+;. The summed E-state index contributed by atoms with van der Waals surface area (Å²) in [4.78, 5) is 0.869. The van der Waals surface area contributed by atoms with Crippen LogP contribution in [0.3, 0.4) is 0 Å². The average molecular weight is 430 g/mol. The minimum Gasteiger partial charge on any atom is -0.316 e. The highest BCUT2D eigenvalue weighted by Crippen LogP contribution is 2.33. The maximum Gasteiger partial charge on any atom is 0.252 e. The van der Waals surface area contributed by atoms with Crippen LogP contribution in [0.1, 0.15) is 11.8 Å². The maximum absolute atomic E-state index is 12.8. The molecule has 25 heavy (non-hydrogen) atoms. The largest absolute Gasteiger partial charge is 0.316 e. The molecule has 3 heterocycles. The number of fused-ring (bicyclic) bond motifs is 1. The fraction of sp³-hybridized carbons (Fsp3) is 0.714. The van der Waals surface area contributed by atoms with Crippen molar-refractivity contribution < 1.29 is 16.8 Å². The molecule has 0 spiro atoms. The van der Waals surface area contributed by atoms with Gasteiger partial charge in [0.15, 0.2) is 0 Å². The Balaban J connectivity index is 0.00000225. The van der Waals surface area contributed by atoms with Crippen molar-refractivity contribution in [2.45, 2.75) is 17.6 Å². The monoisotopic (exact) mass is 429 g/mol. The van der Waals surface area contributed by atoms with Gasteiger partial charge in [-0.1, -0.05) is 0 Å². The topological polar surface area (TPSA) is 95.6 Å². The van der Waals surface area contributed by atoms with Crippen LogP contribution in [0.5, 0.6) is 0 Å². The van der Waals surface area contributed by atoms with Crippen LogP contribution in [-0.4, -0.2) is 59.6 Å². The summed E-state index contributed by atoms with van der Waals surface area (Å²) in [6, 6.07) is 3.41. The Kier molecular flexibility index (Phi) is 6.91. The first-order valence-corrected chi connectivity index (χ1v) is 12.0. The van der Waals surface area contributed by atoms with Crippen molar-refractivity contribution in [1.82, 2.24) is 14.3 Å². The van der Waals surface area contributed by atoms with E-state index in [9.17, 15) is 16.8 Å². The molecule has 0 unspecified atom stereocenters. The van der Waals surface area contributed by atoms with Crippen molar-refractivity contribution in [3.05, 3.63) is 17.0 Å². The minimum atomic E-state index is -3.43. The quantitative estimate of drug-likeness (QED) is 0.657. The maximum atomic E-state index is 12.8. The van der Waals surface area contributed by atoms with Gasteiger partial charge in [-0.3, -0.25) is 0 Å². The molecule has 2 N–H and O–H groups in total. The summed E-state index contributed by atoms with van der Waals surface area (Å²) in [6.07, 6.45) is 0.495. The van der Waals surface area contributed by atoms with Gasteiger partial charge in [0.05, 0.1) is 5.75 Å². The molecule has 1 aromatic rings. The Morgan fingerprint density at radius 3 is 2.44 bits per heavy atom. The van der Waals surface area contributed by atoms with E-state index < -0.39 is 20.0 Å². The summed E-state index contributed by atoms with van der Waals surface area (Å²) in [5, 5.41) is 3.31. The van der Waals surface area contributed by atoms with Crippen molar-refractivity contribution >= 4 is 43.8 Å². The van der Waals surface area contributed by atoms with Gasteiger partial charge in [-0.15, -0.1) is 23.7 Å². The van der Waals surface area contributed by atoms with Crippen LogP contribution in [-0.2, 0) is 26.5 Å². The van der Waals surface area contributed by atoms with Crippen LogP contribution in [0.25, 0.3) is 0 Å². The SMILES string of the molecule is CCS(=O)(=O)NCCc1ccc(S(=O)(=O)N2C[C@H]3CNC[C@H]3C2)s1.Cl. The lowest BCUT2D eigenvalue weighted by atomic mass is 10.0. The lowest BCUT2D eigenvalue weighted by Gasteiger charge is -2.16. The molecular weight excluding hydrogens is 406 g/mol. The van der Waals surface area contributed by atoms with Crippen LogP contribution in [0, 0.1) is 11.8 Å². The van der Waals surface area contributed by atoms with Gasteiger partial charge in [0.25, 0.3) is 10.0 Å². The van der Waals surface area contributed by atoms with E-state index in [0.717, 1.165) is 18.0 Å². The predicted octanol–water partition coefficient (Wildman–Crippen LogP) is 0.492. The molecule has 7 nitrogen and oxygen atoms in total. The number of sulfonamides is 2. The fourth-order valence-corrected chi connectivity index (χ4v) is 6.88. The molecule has 2 aliphatic heterocycles. The number of thiophene rings is 1. The van der Waals surface area contributed by atoms with E-state index in [-0.39, 0.29) is 24.7 Å². The second-order valence-corrected chi connectivity index (χ2v) is 11.7. The van der Waals surface area contributed by atoms with Gasteiger partial charge in [0, 0.05) is 24.5 Å². The molecule has 0 aromatic carbocycles. The third kappa shape index (κ3) is 4.74. The zero-order valence-corrected chi connectivity index (χ0v) is 17.2. The molecule has 2 atom stereocenters. The van der Waals surface area contributed by atoms with E-state index in [1.165, 1.54) is 11.3 Å². The van der Waals surface area contributed by atoms with E-state index in [4.69, 9.17) is 0 Å². The summed E-state index contributed by atoms with van der Waals surface area (Å²) in [7, 11) is -6.64. The average Bonchev–Trinajstić information content (AvgIpc) is 3.22. The molecule has 3 rings (SSSR count). The Labute approximate surface area is 159 Å². The Bertz CT molecular complexity index is 782. The molecule has 0 amide bonds. The van der Waals surface area contributed by atoms with E-state index in [1.807, 2.05) is 0 Å². The molecule has 0 radical (unpaired) electrons. The van der Waals surface area contributed by atoms with Crippen molar-refractivity contribution in [3.63, 3.8) is 0 Å². The highest BCUT2D eigenvalue weighted by Gasteiger charge is 2.41. The molecule has 2 saturated heterocycles. The van der Waals surface area contributed by atoms with Crippen LogP contribution in [0.15, 0.2) is 16.3 Å². The normalized spacial score (nSPS) is 24.2. The summed E-state index contributed by atoms with van der Waals surface area (Å²) in [5.74, 6) is 0.883. The fourth-order valence-electron chi connectivity index (χ4n) is 3.20. The first kappa shape index (κ1) is 21.1. The summed E-state index contributed by atoms with van der Waals surface area (Å²) >= 11 is 1.23. The minimum absolute atomic E-state index is 0. The lowest BCUT2D eigenvalue weighted by molar-refractivity contribution is 0.449. The molecule has 144 valence electrons. The number of rotatable bonds is 7. The second-order valence-electron chi connectivity index (χ2n) is 6.27. The molecule has 2 aliphatic rings. The predicted molar refractivity (Wildman–Crippen MR) is 101 cm³/mol. The van der Waals surface area contributed by atoms with Gasteiger partial charge in [-0.05, 0) is 50.4 Å². The first-order chi connectivity index (χ1) is 11.3. The molecule has 0 aliphatic carbocycles. The zero-order chi connectivity index (χ0) is 17.4. The van der Waals surface area contributed by atoms with Crippen LogP contribution in [0.2, 0.25) is 0 Å². The molecule has 11 heteroatoms. The summed E-state index contributed by atoms with van der Waals surface area (Å²) in [5.41, 5.74) is 0. The van der Waals surface area contributed by atoms with Gasteiger partial charge >= 0.3 is 0 Å². The molecule has 2 fully saturated rings. The number of hydrogen-bond donors (Lipinski definition) is 2. The van der Waals surface area contributed by atoms with Gasteiger partial charge in [-0.2, -0.15) is 4.31 Å². The Morgan fingerprint density at radius 1 is 1.20 bits per heavy atom. The van der Waals surface area contributed by atoms with Crippen molar-refractivity contribution in [2.24, 2.45) is 11.8 Å². The molecular formula is C14H24ClN3O4S3. The van der Waals surface area contributed by atoms with Crippen molar-refractivity contribution in [1.29, 1.82) is 0 Å². The summed E-state index contributed by atoms with van der Waals surface area (Å²) < 4.78 is 52.8. The third-order valence-electron chi connectivity index (χ3n) is 4.66. The zero-order valence-electron chi connectivity index (χ0n) is 14.0. The highest BCUT2D eigenvalue weighted by atomic mass is 35.5. The van der Waals surface area contributed by atoms with Crippen molar-refractivity contribution in [3.8, 4) is 0 Å². The van der Waals surface area contributed by atoms with E-state index in [2.05, 4.69) is 10.0 Å². The highest BCUT2D eigenvalue weighted by molar-refractivity contribution is 7.91. The van der Waals surface area contributed by atoms with E-state index in [0.29, 0.717) is 35.6 Å². The van der Waals surface area contributed by atoms with Gasteiger partial charge in [-0.25, -0.2) is 21.6 Å². The molecule has 1 aromatic heterocycles. The molecule has 0 saturated carbocycles. The van der Waals surface area contributed by atoms with E-state index >= 15 is 0 Å². The summed E-state index contributed by atoms with van der Waals surface area (Å²) in [6.45, 7) is 4.83. The van der Waals surface area contributed by atoms with E-state index in [1.54, 1.807) is 23.4 Å². The third-order valence-corrected chi connectivity index (χ3v) is 9.51. The molecule has 0 bridgehead atoms. The first-order valence-electron chi connectivity index (χ1n) is 8.09. The van der Waals surface area contributed by atoms with Crippen LogP contribution >= 0.6 is 23.7 Å². The van der Waals surface area contributed by atoms with Crippen molar-refractivity contribution in [2.75, 3.05) is 38.5 Å². The van der Waals surface area contributed by atoms with Gasteiger partial charge in [0.2, 0.25) is 10.0 Å². The van der Waals surface area contributed by atoms with Gasteiger partial charge in [0.1, 0.15) is 4.21 Å². The number of halogens is 1.